The van der Waals surface area contributed by atoms with Gasteiger partial charge in [0.05, 0.1) is 24.9 Å². The molecule has 4 aromatic heterocycles. The Labute approximate surface area is 183 Å². The van der Waals surface area contributed by atoms with Crippen LogP contribution in [0.3, 0.4) is 0 Å². The molecule has 0 bridgehead atoms. The molecule has 5 rings (SSSR count). The highest BCUT2D eigenvalue weighted by Gasteiger charge is 2.34. The van der Waals surface area contributed by atoms with Crippen molar-refractivity contribution >= 4 is 23.0 Å². The van der Waals surface area contributed by atoms with Crippen LogP contribution < -0.4 is 10.1 Å². The number of anilines is 1. The molecule has 166 valence electrons. The number of nitrogens with zero attached hydrogens (tertiary/aromatic N) is 7. The summed E-state index contributed by atoms with van der Waals surface area (Å²) in [5.74, 6) is 0.606. The van der Waals surface area contributed by atoms with Crippen molar-refractivity contribution in [1.82, 2.24) is 34.1 Å². The third-order valence-electron chi connectivity index (χ3n) is 5.67. The lowest BCUT2D eigenvalue weighted by molar-refractivity contribution is -0.125. The second kappa shape index (κ2) is 7.52. The Balaban J connectivity index is 1.44. The van der Waals surface area contributed by atoms with Gasteiger partial charge in [-0.05, 0) is 26.8 Å². The summed E-state index contributed by atoms with van der Waals surface area (Å²) in [7, 11) is 1.53. The van der Waals surface area contributed by atoms with Crippen LogP contribution in [0.4, 0.5) is 10.2 Å². The fourth-order valence-electron chi connectivity index (χ4n) is 3.82. The normalized spacial score (nSPS) is 14.9. The predicted molar refractivity (Wildman–Crippen MR) is 115 cm³/mol. The molecule has 0 aliphatic carbocycles. The van der Waals surface area contributed by atoms with Crippen LogP contribution in [0.25, 0.3) is 22.6 Å². The first-order valence-electron chi connectivity index (χ1n) is 10.3. The fraction of sp³-hybridized carbons (Fsp3) is 0.381. The van der Waals surface area contributed by atoms with E-state index in [4.69, 9.17) is 4.74 Å². The van der Waals surface area contributed by atoms with E-state index in [-0.39, 0.29) is 17.5 Å². The van der Waals surface area contributed by atoms with Crippen LogP contribution in [0.5, 0.6) is 5.75 Å². The Kier molecular flexibility index (Phi) is 4.77. The molecule has 1 saturated heterocycles. The highest BCUT2D eigenvalue weighted by atomic mass is 19.1. The molecular weight excluding hydrogens is 415 g/mol. The number of rotatable bonds is 5. The van der Waals surface area contributed by atoms with E-state index >= 15 is 0 Å². The lowest BCUT2D eigenvalue weighted by Crippen LogP contribution is -2.54. The van der Waals surface area contributed by atoms with Gasteiger partial charge in [0.15, 0.2) is 28.9 Å². The SMILES string of the molecule is COc1cc(-c2cc(F)c3nc(NC(=O)C4CN(C(C)C)C4)cn3c2)nn2nc(C)nc12. The van der Waals surface area contributed by atoms with Gasteiger partial charge in [-0.3, -0.25) is 9.69 Å². The number of halogens is 1. The fourth-order valence-corrected chi connectivity index (χ4v) is 3.82. The lowest BCUT2D eigenvalue weighted by atomic mass is 9.97. The maximum atomic E-state index is 14.9. The molecule has 0 aromatic carbocycles. The molecule has 11 heteroatoms. The predicted octanol–water partition coefficient (Wildman–Crippen LogP) is 2.17. The molecule has 0 spiro atoms. The van der Waals surface area contributed by atoms with E-state index in [0.717, 1.165) is 0 Å². The van der Waals surface area contributed by atoms with Crippen molar-refractivity contribution in [3.05, 3.63) is 36.2 Å². The smallest absolute Gasteiger partial charge is 0.231 e. The number of fused-ring (bicyclic) bond motifs is 2. The monoisotopic (exact) mass is 438 g/mol. The third kappa shape index (κ3) is 3.44. The van der Waals surface area contributed by atoms with Crippen molar-refractivity contribution < 1.29 is 13.9 Å². The van der Waals surface area contributed by atoms with Gasteiger partial charge < -0.3 is 14.5 Å². The van der Waals surface area contributed by atoms with E-state index in [2.05, 4.69) is 44.2 Å². The van der Waals surface area contributed by atoms with Crippen molar-refractivity contribution in [3.8, 4) is 17.0 Å². The number of nitrogens with one attached hydrogen (secondary N) is 1. The molecule has 1 amide bonds. The number of pyridine rings is 1. The van der Waals surface area contributed by atoms with E-state index in [0.29, 0.717) is 53.4 Å². The van der Waals surface area contributed by atoms with Crippen molar-refractivity contribution in [2.75, 3.05) is 25.5 Å². The first-order valence-corrected chi connectivity index (χ1v) is 10.3. The topological polar surface area (TPSA) is 102 Å². The van der Waals surface area contributed by atoms with E-state index in [1.54, 1.807) is 25.4 Å². The van der Waals surface area contributed by atoms with Gasteiger partial charge in [-0.15, -0.1) is 14.8 Å². The molecule has 1 N–H and O–H groups in total. The summed E-state index contributed by atoms with van der Waals surface area (Å²) in [6, 6.07) is 3.44. The molecule has 0 radical (unpaired) electrons. The molecule has 5 heterocycles. The minimum absolute atomic E-state index is 0.0860. The van der Waals surface area contributed by atoms with E-state index in [9.17, 15) is 9.18 Å². The summed E-state index contributed by atoms with van der Waals surface area (Å²) in [4.78, 5) is 23.2. The van der Waals surface area contributed by atoms with Crippen LogP contribution in [-0.4, -0.2) is 66.2 Å². The highest BCUT2D eigenvalue weighted by molar-refractivity contribution is 5.93. The summed E-state index contributed by atoms with van der Waals surface area (Å²) in [5, 5.41) is 11.5. The number of aryl methyl sites for hydroxylation is 1. The van der Waals surface area contributed by atoms with Gasteiger partial charge >= 0.3 is 0 Å². The molecule has 4 aromatic rings. The number of carbonyl (C=O) groups is 1. The Morgan fingerprint density at radius 2 is 1.97 bits per heavy atom. The van der Waals surface area contributed by atoms with Crippen LogP contribution in [0.1, 0.15) is 19.7 Å². The zero-order chi connectivity index (χ0) is 22.6. The maximum absolute atomic E-state index is 14.9. The number of amides is 1. The molecule has 32 heavy (non-hydrogen) atoms. The molecule has 0 atom stereocenters. The standard InChI is InChI=1S/C21H23FN8O2/c1-11(2)28-8-14(9-28)21(31)25-18-10-29-7-13(5-15(22)19(29)24-18)16-6-17(32-4)20-23-12(3)26-30(20)27-16/h5-7,10-11,14H,8-9H2,1-4H3,(H,25,31). The van der Waals surface area contributed by atoms with Gasteiger partial charge in [-0.25, -0.2) is 14.4 Å². The third-order valence-corrected chi connectivity index (χ3v) is 5.67. The van der Waals surface area contributed by atoms with Gasteiger partial charge in [0.2, 0.25) is 11.6 Å². The van der Waals surface area contributed by atoms with Gasteiger partial charge in [0.25, 0.3) is 0 Å². The molecular formula is C21H23FN8O2. The molecule has 10 nitrogen and oxygen atoms in total. The number of methoxy groups -OCH3 is 1. The second-order valence-electron chi connectivity index (χ2n) is 8.24. The summed E-state index contributed by atoms with van der Waals surface area (Å²) in [6.45, 7) is 7.39. The van der Waals surface area contributed by atoms with E-state index in [1.165, 1.54) is 22.2 Å². The van der Waals surface area contributed by atoms with Crippen LogP contribution in [0.15, 0.2) is 24.5 Å². The largest absolute Gasteiger partial charge is 0.493 e. The first-order chi connectivity index (χ1) is 15.3. The minimum atomic E-state index is -0.534. The van der Waals surface area contributed by atoms with Gasteiger partial charge in [0.1, 0.15) is 0 Å². The number of ether oxygens (including phenoxy) is 1. The van der Waals surface area contributed by atoms with Crippen molar-refractivity contribution in [2.24, 2.45) is 5.92 Å². The Morgan fingerprint density at radius 3 is 2.69 bits per heavy atom. The number of hydrogen-bond donors (Lipinski definition) is 1. The minimum Gasteiger partial charge on any atom is -0.493 e. The van der Waals surface area contributed by atoms with Gasteiger partial charge in [0, 0.05) is 37.0 Å². The number of imidazole rings is 1. The highest BCUT2D eigenvalue weighted by Crippen LogP contribution is 2.27. The molecule has 1 fully saturated rings. The van der Waals surface area contributed by atoms with Crippen molar-refractivity contribution in [3.63, 3.8) is 0 Å². The van der Waals surface area contributed by atoms with Crippen LogP contribution in [-0.2, 0) is 4.79 Å². The average molecular weight is 438 g/mol. The number of carbonyl (C=O) groups excluding carboxylic acids is 1. The van der Waals surface area contributed by atoms with Crippen LogP contribution >= 0.6 is 0 Å². The van der Waals surface area contributed by atoms with Crippen LogP contribution in [0.2, 0.25) is 0 Å². The molecule has 0 unspecified atom stereocenters. The number of hydrogen-bond acceptors (Lipinski definition) is 7. The summed E-state index contributed by atoms with van der Waals surface area (Å²) in [5.41, 5.74) is 1.56. The Morgan fingerprint density at radius 1 is 1.19 bits per heavy atom. The Hall–Kier alpha value is -3.60. The summed E-state index contributed by atoms with van der Waals surface area (Å²) >= 11 is 0. The lowest BCUT2D eigenvalue weighted by Gasteiger charge is -2.40. The van der Waals surface area contributed by atoms with Crippen molar-refractivity contribution in [1.29, 1.82) is 0 Å². The van der Waals surface area contributed by atoms with E-state index in [1.807, 2.05) is 0 Å². The zero-order valence-corrected chi connectivity index (χ0v) is 18.2. The molecule has 1 aliphatic heterocycles. The summed E-state index contributed by atoms with van der Waals surface area (Å²) in [6.07, 6.45) is 3.29. The molecule has 0 saturated carbocycles. The summed E-state index contributed by atoms with van der Waals surface area (Å²) < 4.78 is 23.2. The molecule has 1 aliphatic rings. The first kappa shape index (κ1) is 20.3. The van der Waals surface area contributed by atoms with Crippen LogP contribution in [0, 0.1) is 18.7 Å². The quantitative estimate of drug-likeness (QED) is 0.510. The van der Waals surface area contributed by atoms with E-state index < -0.39 is 5.82 Å². The Bertz CT molecular complexity index is 1340. The zero-order valence-electron chi connectivity index (χ0n) is 18.2. The number of likely N-dealkylation sites (tertiary alicyclic amines) is 1. The maximum Gasteiger partial charge on any atom is 0.231 e. The number of aromatic nitrogens is 6. The second-order valence-corrected chi connectivity index (χ2v) is 8.24. The van der Waals surface area contributed by atoms with Gasteiger partial charge in [-0.2, -0.15) is 0 Å². The average Bonchev–Trinajstić information content (AvgIpc) is 3.27. The van der Waals surface area contributed by atoms with Gasteiger partial charge in [-0.1, -0.05) is 0 Å². The van der Waals surface area contributed by atoms with Crippen molar-refractivity contribution in [2.45, 2.75) is 26.8 Å².